The zero-order chi connectivity index (χ0) is 12.8. The van der Waals surface area contributed by atoms with Crippen LogP contribution >= 0.6 is 0 Å². The van der Waals surface area contributed by atoms with Crippen molar-refractivity contribution in [1.82, 2.24) is 15.2 Å². The Hall–Kier alpha value is -1.59. The highest BCUT2D eigenvalue weighted by molar-refractivity contribution is 5.04. The summed E-state index contributed by atoms with van der Waals surface area (Å²) in [6.45, 7) is 0. The molecule has 2 aromatic heterocycles. The van der Waals surface area contributed by atoms with E-state index >= 15 is 0 Å². The molecule has 3 N–H and O–H groups in total. The lowest BCUT2D eigenvalue weighted by Gasteiger charge is -2.14. The maximum absolute atomic E-state index is 5.58. The quantitative estimate of drug-likeness (QED) is 0.574. The highest BCUT2D eigenvalue weighted by Crippen LogP contribution is 2.10. The summed E-state index contributed by atoms with van der Waals surface area (Å²) >= 11 is 0. The Morgan fingerprint density at radius 3 is 2.89 bits per heavy atom. The standard InChI is InChI=1S/C13H20N4O/c1-17-10-11(9-15-17)4-5-12(16-14)6-7-13-3-2-8-18-13/h2-3,8-10,12,16H,4-7,14H2,1H3. The summed E-state index contributed by atoms with van der Waals surface area (Å²) in [5.41, 5.74) is 4.12. The number of hydrogen-bond acceptors (Lipinski definition) is 4. The molecule has 0 aliphatic rings. The number of hydrogen-bond donors (Lipinski definition) is 2. The molecule has 5 heteroatoms. The van der Waals surface area contributed by atoms with Crippen LogP contribution in [0.2, 0.25) is 0 Å². The second kappa shape index (κ2) is 6.37. The number of nitrogens with zero attached hydrogens (tertiary/aromatic N) is 2. The van der Waals surface area contributed by atoms with Crippen LogP contribution in [0.4, 0.5) is 0 Å². The predicted molar refractivity (Wildman–Crippen MR) is 69.7 cm³/mol. The number of nitrogens with two attached hydrogens (primary N) is 1. The molecule has 0 aliphatic carbocycles. The van der Waals surface area contributed by atoms with Crippen molar-refractivity contribution in [2.75, 3.05) is 0 Å². The smallest absolute Gasteiger partial charge is 0.103 e. The van der Waals surface area contributed by atoms with Crippen LogP contribution in [0, 0.1) is 0 Å². The Kier molecular flexibility index (Phi) is 4.55. The van der Waals surface area contributed by atoms with Crippen molar-refractivity contribution in [1.29, 1.82) is 0 Å². The van der Waals surface area contributed by atoms with E-state index in [1.807, 2.05) is 36.3 Å². The van der Waals surface area contributed by atoms with Crippen molar-refractivity contribution in [3.05, 3.63) is 42.1 Å². The van der Waals surface area contributed by atoms with Gasteiger partial charge >= 0.3 is 0 Å². The van der Waals surface area contributed by atoms with Gasteiger partial charge in [0.2, 0.25) is 0 Å². The van der Waals surface area contributed by atoms with E-state index in [0.29, 0.717) is 6.04 Å². The van der Waals surface area contributed by atoms with Crippen LogP contribution in [0.1, 0.15) is 24.2 Å². The van der Waals surface area contributed by atoms with Gasteiger partial charge in [0.25, 0.3) is 0 Å². The number of rotatable bonds is 7. The summed E-state index contributed by atoms with van der Waals surface area (Å²) in [7, 11) is 1.93. The van der Waals surface area contributed by atoms with Gasteiger partial charge in [0.15, 0.2) is 0 Å². The third-order valence-corrected chi connectivity index (χ3v) is 3.09. The van der Waals surface area contributed by atoms with Crippen LogP contribution < -0.4 is 11.3 Å². The van der Waals surface area contributed by atoms with Crippen LogP contribution in [0.5, 0.6) is 0 Å². The van der Waals surface area contributed by atoms with Gasteiger partial charge in [-0.1, -0.05) is 0 Å². The molecule has 2 aromatic rings. The van der Waals surface area contributed by atoms with Crippen molar-refractivity contribution in [2.45, 2.75) is 31.7 Å². The molecule has 0 radical (unpaired) electrons. The lowest BCUT2D eigenvalue weighted by molar-refractivity contribution is 0.432. The fourth-order valence-corrected chi connectivity index (χ4v) is 2.02. The maximum atomic E-state index is 5.58. The topological polar surface area (TPSA) is 69.0 Å². The molecule has 0 aromatic carbocycles. The molecule has 98 valence electrons. The SMILES string of the molecule is Cn1cc(CCC(CCc2ccco2)NN)cn1. The molecule has 2 heterocycles. The fraction of sp³-hybridized carbons (Fsp3) is 0.462. The highest BCUT2D eigenvalue weighted by atomic mass is 16.3. The summed E-state index contributed by atoms with van der Waals surface area (Å²) in [5, 5.41) is 4.16. The number of nitrogens with one attached hydrogen (secondary N) is 1. The van der Waals surface area contributed by atoms with E-state index in [2.05, 4.69) is 10.5 Å². The molecule has 0 fully saturated rings. The zero-order valence-electron chi connectivity index (χ0n) is 10.7. The molecular formula is C13H20N4O. The van der Waals surface area contributed by atoms with Gasteiger partial charge in [-0.3, -0.25) is 16.0 Å². The number of aromatic nitrogens is 2. The van der Waals surface area contributed by atoms with Gasteiger partial charge in [-0.25, -0.2) is 0 Å². The zero-order valence-corrected chi connectivity index (χ0v) is 10.7. The average molecular weight is 248 g/mol. The summed E-state index contributed by atoms with van der Waals surface area (Å²) < 4.78 is 7.14. The van der Waals surface area contributed by atoms with Crippen molar-refractivity contribution in [3.63, 3.8) is 0 Å². The fourth-order valence-electron chi connectivity index (χ4n) is 2.02. The van der Waals surface area contributed by atoms with E-state index in [1.165, 1.54) is 5.56 Å². The van der Waals surface area contributed by atoms with Gasteiger partial charge < -0.3 is 4.42 Å². The normalized spacial score (nSPS) is 12.8. The van der Waals surface area contributed by atoms with Crippen molar-refractivity contribution < 1.29 is 4.42 Å². The maximum Gasteiger partial charge on any atom is 0.103 e. The van der Waals surface area contributed by atoms with E-state index in [0.717, 1.165) is 31.4 Å². The third kappa shape index (κ3) is 3.72. The second-order valence-corrected chi connectivity index (χ2v) is 4.54. The average Bonchev–Trinajstić information content (AvgIpc) is 3.01. The van der Waals surface area contributed by atoms with Gasteiger partial charge in [-0.05, 0) is 37.0 Å². The van der Waals surface area contributed by atoms with Crippen molar-refractivity contribution in [2.24, 2.45) is 12.9 Å². The Bertz CT molecular complexity index is 449. The summed E-state index contributed by atoms with van der Waals surface area (Å²) in [6, 6.07) is 4.21. The van der Waals surface area contributed by atoms with Crippen LogP contribution in [0.3, 0.4) is 0 Å². The van der Waals surface area contributed by atoms with Crippen molar-refractivity contribution in [3.8, 4) is 0 Å². The van der Waals surface area contributed by atoms with Crippen molar-refractivity contribution >= 4 is 0 Å². The summed E-state index contributed by atoms with van der Waals surface area (Å²) in [6.07, 6.45) is 9.53. The van der Waals surface area contributed by atoms with Gasteiger partial charge in [-0.2, -0.15) is 5.10 Å². The van der Waals surface area contributed by atoms with Gasteiger partial charge in [0.05, 0.1) is 12.5 Å². The van der Waals surface area contributed by atoms with Crippen LogP contribution in [-0.2, 0) is 19.9 Å². The molecule has 18 heavy (non-hydrogen) atoms. The largest absolute Gasteiger partial charge is 0.469 e. The molecule has 0 aliphatic heterocycles. The lowest BCUT2D eigenvalue weighted by Crippen LogP contribution is -2.35. The first-order valence-electron chi connectivity index (χ1n) is 6.24. The minimum Gasteiger partial charge on any atom is -0.469 e. The molecular weight excluding hydrogens is 228 g/mol. The van der Waals surface area contributed by atoms with Gasteiger partial charge in [0.1, 0.15) is 5.76 Å². The molecule has 0 saturated carbocycles. The van der Waals surface area contributed by atoms with E-state index in [4.69, 9.17) is 10.3 Å². The van der Waals surface area contributed by atoms with Crippen LogP contribution in [-0.4, -0.2) is 15.8 Å². The highest BCUT2D eigenvalue weighted by Gasteiger charge is 2.09. The number of hydrazine groups is 1. The first kappa shape index (κ1) is 12.9. The lowest BCUT2D eigenvalue weighted by atomic mass is 10.0. The third-order valence-electron chi connectivity index (χ3n) is 3.09. The molecule has 0 saturated heterocycles. The molecule has 2 rings (SSSR count). The Labute approximate surface area is 107 Å². The van der Waals surface area contributed by atoms with E-state index in [9.17, 15) is 0 Å². The Balaban J connectivity index is 1.75. The molecule has 1 atom stereocenters. The van der Waals surface area contributed by atoms with E-state index in [1.54, 1.807) is 6.26 Å². The number of furan rings is 1. The van der Waals surface area contributed by atoms with Crippen LogP contribution in [0.15, 0.2) is 35.2 Å². The van der Waals surface area contributed by atoms with Gasteiger partial charge in [0, 0.05) is 25.7 Å². The Morgan fingerprint density at radius 1 is 1.44 bits per heavy atom. The minimum absolute atomic E-state index is 0.301. The van der Waals surface area contributed by atoms with E-state index < -0.39 is 0 Å². The molecule has 0 spiro atoms. The van der Waals surface area contributed by atoms with E-state index in [-0.39, 0.29) is 0 Å². The number of aryl methyl sites for hydroxylation is 3. The molecule has 1 unspecified atom stereocenters. The first-order chi connectivity index (χ1) is 8.78. The van der Waals surface area contributed by atoms with Crippen LogP contribution in [0.25, 0.3) is 0 Å². The first-order valence-corrected chi connectivity index (χ1v) is 6.24. The predicted octanol–water partition coefficient (Wildman–Crippen LogP) is 1.41. The molecule has 0 amide bonds. The second-order valence-electron chi connectivity index (χ2n) is 4.54. The minimum atomic E-state index is 0.301. The molecule has 0 bridgehead atoms. The molecule has 5 nitrogen and oxygen atoms in total. The Morgan fingerprint density at radius 2 is 2.28 bits per heavy atom. The summed E-state index contributed by atoms with van der Waals surface area (Å²) in [4.78, 5) is 0. The van der Waals surface area contributed by atoms with Gasteiger partial charge in [-0.15, -0.1) is 0 Å². The monoisotopic (exact) mass is 248 g/mol. The summed E-state index contributed by atoms with van der Waals surface area (Å²) in [5.74, 6) is 6.59.